The number of nitrogens with zero attached hydrogens (tertiary/aromatic N) is 6. The van der Waals surface area contributed by atoms with Gasteiger partial charge in [0.2, 0.25) is 0 Å². The monoisotopic (exact) mass is 584 g/mol. The Morgan fingerprint density at radius 2 is 1.11 bits per heavy atom. The van der Waals surface area contributed by atoms with Crippen molar-refractivity contribution in [2.75, 3.05) is 0 Å². The highest BCUT2D eigenvalue weighted by atomic mass is 15.0. The number of aromatic nitrogens is 2. The molecular weight excluding hydrogens is 564 g/mol. The average Bonchev–Trinajstić information content (AvgIpc) is 3.63. The van der Waals surface area contributed by atoms with Crippen molar-refractivity contribution in [1.82, 2.24) is 9.13 Å². The van der Waals surface area contributed by atoms with Crippen molar-refractivity contribution in [3.05, 3.63) is 149 Å². The standard InChI is InChI=1S/C40H20N6/c1-44-29-14-16-38-34(20-29)31-10-3-5-12-36(31)46(38)40-19-28(24-43)39(21-32(40)27-8-6-7-25(17-27)22-41)45-35-11-4-2-9-30(35)33-18-26(23-42)13-15-37(33)45/h2-21H. The van der Waals surface area contributed by atoms with Crippen LogP contribution in [0.15, 0.2) is 121 Å². The molecular formula is C40H20N6. The van der Waals surface area contributed by atoms with E-state index in [1.165, 1.54) is 0 Å². The van der Waals surface area contributed by atoms with Gasteiger partial charge in [-0.25, -0.2) is 4.85 Å². The normalized spacial score (nSPS) is 11.0. The molecule has 0 aliphatic rings. The zero-order chi connectivity index (χ0) is 31.4. The lowest BCUT2D eigenvalue weighted by Gasteiger charge is -2.19. The van der Waals surface area contributed by atoms with Gasteiger partial charge in [0.1, 0.15) is 6.07 Å². The largest absolute Gasteiger partial charge is 0.309 e. The average molecular weight is 585 g/mol. The summed E-state index contributed by atoms with van der Waals surface area (Å²) in [6, 6.07) is 45.8. The van der Waals surface area contributed by atoms with Crippen LogP contribution in [-0.4, -0.2) is 9.13 Å². The predicted molar refractivity (Wildman–Crippen MR) is 181 cm³/mol. The highest BCUT2D eigenvalue weighted by molar-refractivity contribution is 6.12. The Kier molecular flexibility index (Phi) is 5.91. The van der Waals surface area contributed by atoms with E-state index < -0.39 is 0 Å². The van der Waals surface area contributed by atoms with Crippen molar-refractivity contribution in [2.45, 2.75) is 0 Å². The summed E-state index contributed by atoms with van der Waals surface area (Å²) >= 11 is 0. The van der Waals surface area contributed by atoms with Crippen molar-refractivity contribution in [2.24, 2.45) is 0 Å². The zero-order valence-corrected chi connectivity index (χ0v) is 24.2. The molecule has 0 fully saturated rings. The van der Waals surface area contributed by atoms with Crippen LogP contribution in [0.3, 0.4) is 0 Å². The molecule has 8 rings (SSSR count). The van der Waals surface area contributed by atoms with Crippen LogP contribution in [0.2, 0.25) is 0 Å². The van der Waals surface area contributed by atoms with E-state index in [1.807, 2.05) is 109 Å². The van der Waals surface area contributed by atoms with Crippen LogP contribution < -0.4 is 0 Å². The van der Waals surface area contributed by atoms with Gasteiger partial charge in [-0.1, -0.05) is 54.6 Å². The van der Waals surface area contributed by atoms with E-state index in [4.69, 9.17) is 6.57 Å². The first-order valence-electron chi connectivity index (χ1n) is 14.6. The minimum Gasteiger partial charge on any atom is -0.309 e. The lowest BCUT2D eigenvalue weighted by atomic mass is 9.98. The third kappa shape index (κ3) is 3.86. The van der Waals surface area contributed by atoms with Gasteiger partial charge in [-0.15, -0.1) is 0 Å². The number of fused-ring (bicyclic) bond motifs is 6. The Balaban J connectivity index is 1.53. The van der Waals surface area contributed by atoms with E-state index >= 15 is 0 Å². The summed E-state index contributed by atoms with van der Waals surface area (Å²) in [7, 11) is 0. The molecule has 6 heteroatoms. The van der Waals surface area contributed by atoms with Gasteiger partial charge in [0.15, 0.2) is 5.69 Å². The smallest absolute Gasteiger partial charge is 0.188 e. The number of nitriles is 3. The van der Waals surface area contributed by atoms with Crippen LogP contribution in [0.1, 0.15) is 16.7 Å². The maximum atomic E-state index is 10.7. The number of rotatable bonds is 3. The Hall–Kier alpha value is -7.12. The number of para-hydroxylation sites is 2. The topological polar surface area (TPSA) is 85.6 Å². The lowest BCUT2D eigenvalue weighted by molar-refractivity contribution is 1.14. The SMILES string of the molecule is [C-]#[N+]c1ccc2c(c1)c1ccccc1n2-c1cc(C#N)c(-n2c3ccccc3c3cc(C#N)ccc32)cc1-c1cccc(C#N)c1. The van der Waals surface area contributed by atoms with Gasteiger partial charge < -0.3 is 9.13 Å². The zero-order valence-electron chi connectivity index (χ0n) is 24.2. The van der Waals surface area contributed by atoms with Gasteiger partial charge in [-0.05, 0) is 77.7 Å². The molecule has 0 saturated carbocycles. The fourth-order valence-electron chi connectivity index (χ4n) is 6.62. The summed E-state index contributed by atoms with van der Waals surface area (Å²) in [5.74, 6) is 0. The first-order valence-corrected chi connectivity index (χ1v) is 14.6. The summed E-state index contributed by atoms with van der Waals surface area (Å²) in [4.78, 5) is 3.67. The summed E-state index contributed by atoms with van der Waals surface area (Å²) < 4.78 is 4.22. The van der Waals surface area contributed by atoms with E-state index in [9.17, 15) is 15.8 Å². The lowest BCUT2D eigenvalue weighted by Crippen LogP contribution is -2.04. The summed E-state index contributed by atoms with van der Waals surface area (Å²) in [5.41, 5.74) is 8.88. The number of benzene rings is 6. The molecule has 0 amide bonds. The minimum atomic E-state index is 0.464. The molecule has 8 aromatic rings. The van der Waals surface area contributed by atoms with E-state index in [-0.39, 0.29) is 0 Å². The van der Waals surface area contributed by atoms with Gasteiger partial charge in [0.25, 0.3) is 0 Å². The van der Waals surface area contributed by atoms with Crippen molar-refractivity contribution >= 4 is 49.3 Å². The van der Waals surface area contributed by atoms with Crippen molar-refractivity contribution in [1.29, 1.82) is 15.8 Å². The second-order valence-electron chi connectivity index (χ2n) is 11.1. The molecule has 0 bridgehead atoms. The second kappa shape index (κ2) is 10.3. The van der Waals surface area contributed by atoms with Crippen LogP contribution in [0.25, 0.3) is 71.0 Å². The van der Waals surface area contributed by atoms with E-state index in [2.05, 4.69) is 32.2 Å². The van der Waals surface area contributed by atoms with E-state index in [0.29, 0.717) is 28.1 Å². The fraction of sp³-hybridized carbons (Fsp3) is 0. The van der Waals surface area contributed by atoms with Crippen molar-refractivity contribution in [3.63, 3.8) is 0 Å². The van der Waals surface area contributed by atoms with Crippen molar-refractivity contribution < 1.29 is 0 Å². The third-order valence-electron chi connectivity index (χ3n) is 8.61. The van der Waals surface area contributed by atoms with Gasteiger partial charge in [0, 0.05) is 21.7 Å². The molecule has 210 valence electrons. The van der Waals surface area contributed by atoms with Crippen molar-refractivity contribution in [3.8, 4) is 40.7 Å². The fourth-order valence-corrected chi connectivity index (χ4v) is 6.62. The quantitative estimate of drug-likeness (QED) is 0.194. The summed E-state index contributed by atoms with van der Waals surface area (Å²) in [5, 5.41) is 34.0. The van der Waals surface area contributed by atoms with Gasteiger partial charge in [0.05, 0.1) is 68.8 Å². The molecule has 0 spiro atoms. The predicted octanol–water partition coefficient (Wildman–Crippen LogP) is 9.71. The van der Waals surface area contributed by atoms with Gasteiger partial charge in [-0.3, -0.25) is 0 Å². The number of hydrogen-bond donors (Lipinski definition) is 0. The molecule has 2 heterocycles. The molecule has 0 aliphatic carbocycles. The maximum Gasteiger partial charge on any atom is 0.188 e. The highest BCUT2D eigenvalue weighted by Gasteiger charge is 2.22. The maximum absolute atomic E-state index is 10.7. The Morgan fingerprint density at radius 1 is 0.500 bits per heavy atom. The van der Waals surface area contributed by atoms with Crippen LogP contribution in [0.5, 0.6) is 0 Å². The molecule has 46 heavy (non-hydrogen) atoms. The van der Waals surface area contributed by atoms with E-state index in [1.54, 1.807) is 12.1 Å². The molecule has 2 aromatic heterocycles. The minimum absolute atomic E-state index is 0.464. The molecule has 0 saturated heterocycles. The number of hydrogen-bond acceptors (Lipinski definition) is 3. The molecule has 6 nitrogen and oxygen atoms in total. The Labute approximate surface area is 263 Å². The summed E-state index contributed by atoms with van der Waals surface area (Å²) in [6.07, 6.45) is 0. The Morgan fingerprint density at radius 3 is 1.78 bits per heavy atom. The molecule has 0 unspecified atom stereocenters. The molecule has 0 atom stereocenters. The third-order valence-corrected chi connectivity index (χ3v) is 8.61. The van der Waals surface area contributed by atoms with Crippen LogP contribution in [0.4, 0.5) is 5.69 Å². The molecule has 6 aromatic carbocycles. The van der Waals surface area contributed by atoms with Gasteiger partial charge >= 0.3 is 0 Å². The van der Waals surface area contributed by atoms with Gasteiger partial charge in [-0.2, -0.15) is 15.8 Å². The first-order chi connectivity index (χ1) is 22.6. The van der Waals surface area contributed by atoms with Crippen LogP contribution in [0, 0.1) is 40.6 Å². The second-order valence-corrected chi connectivity index (χ2v) is 11.1. The molecule has 0 N–H and O–H groups in total. The van der Waals surface area contributed by atoms with Crippen LogP contribution >= 0.6 is 0 Å². The molecule has 0 aliphatic heterocycles. The first kappa shape index (κ1) is 26.5. The molecule has 0 radical (unpaired) electrons. The summed E-state index contributed by atoms with van der Waals surface area (Å²) in [6.45, 7) is 7.60. The highest BCUT2D eigenvalue weighted by Crippen LogP contribution is 2.41. The van der Waals surface area contributed by atoms with Crippen LogP contribution in [-0.2, 0) is 0 Å². The Bertz CT molecular complexity index is 2750. The van der Waals surface area contributed by atoms with E-state index in [0.717, 1.165) is 60.4 Å².